The summed E-state index contributed by atoms with van der Waals surface area (Å²) in [4.78, 5) is 0. The van der Waals surface area contributed by atoms with Crippen LogP contribution in [0.5, 0.6) is 0 Å². The van der Waals surface area contributed by atoms with Gasteiger partial charge in [0.2, 0.25) is 0 Å². The van der Waals surface area contributed by atoms with Crippen molar-refractivity contribution in [1.82, 2.24) is 0 Å². The molecule has 2 N–H and O–H groups in total. The Morgan fingerprint density at radius 1 is 1.40 bits per heavy atom. The molecule has 0 bridgehead atoms. The minimum atomic E-state index is -1.42. The second kappa shape index (κ2) is 36.2. The highest BCUT2D eigenvalue weighted by Crippen LogP contribution is 0.759. The van der Waals surface area contributed by atoms with Crippen LogP contribution in [0, 0.1) is 0 Å². The van der Waals surface area contributed by atoms with Gasteiger partial charge in [-0.2, -0.15) is 0 Å². The third-order valence-electron chi connectivity index (χ3n) is 0. The molecule has 0 rings (SSSR count). The Morgan fingerprint density at radius 2 is 1.40 bits per heavy atom. The second-order valence-electron chi connectivity index (χ2n) is 0.0833. The zero-order valence-corrected chi connectivity index (χ0v) is 5.89. The molecule has 0 aliphatic heterocycles. The van der Waals surface area contributed by atoms with Crippen LogP contribution >= 0.6 is 0 Å². The zero-order chi connectivity index (χ0) is 4.71. The number of hydrogen-bond donors (Lipinski definition) is 1. The van der Waals surface area contributed by atoms with E-state index in [2.05, 4.69) is 5.40 Å². The van der Waals surface area contributed by atoms with Gasteiger partial charge in [-0.25, -0.2) is 0 Å². The van der Waals surface area contributed by atoms with Crippen molar-refractivity contribution >= 4 is 19.7 Å². The Morgan fingerprint density at radius 3 is 1.40 bits per heavy atom. The van der Waals surface area contributed by atoms with Crippen LogP contribution in [0.4, 0.5) is 0 Å². The van der Waals surface area contributed by atoms with E-state index in [1.165, 1.54) is 0 Å². The molecular formula is H5NO2Si2. The fourth-order valence-electron chi connectivity index (χ4n) is 0. The van der Waals surface area contributed by atoms with Crippen LogP contribution in [0.3, 0.4) is 0 Å². The maximum atomic E-state index is 8.40. The summed E-state index contributed by atoms with van der Waals surface area (Å²) >= 11 is 0. The van der Waals surface area contributed by atoms with Crippen LogP contribution < -0.4 is 5.40 Å². The SMILES string of the molecule is N[SiH3].O=[Si]=O. The van der Waals surface area contributed by atoms with Gasteiger partial charge in [0, 0.05) is 0 Å². The van der Waals surface area contributed by atoms with Crippen molar-refractivity contribution in [2.75, 3.05) is 0 Å². The topological polar surface area (TPSA) is 60.2 Å². The average molecular weight is 107 g/mol. The third kappa shape index (κ3) is 409000. The van der Waals surface area contributed by atoms with Crippen molar-refractivity contribution in [3.8, 4) is 0 Å². The Bertz CT molecular complexity index is 28.6. The van der Waals surface area contributed by atoms with E-state index in [0.29, 0.717) is 0 Å². The molecule has 0 aliphatic carbocycles. The van der Waals surface area contributed by atoms with Crippen molar-refractivity contribution in [2.24, 2.45) is 5.40 Å². The predicted molar refractivity (Wildman–Crippen MR) is 21.3 cm³/mol. The van der Waals surface area contributed by atoms with Gasteiger partial charge in [-0.3, -0.25) is 8.92 Å². The van der Waals surface area contributed by atoms with Crippen LogP contribution in [-0.4, -0.2) is 19.7 Å². The highest BCUT2D eigenvalue weighted by atomic mass is 28.2. The van der Waals surface area contributed by atoms with E-state index in [-0.39, 0.29) is 0 Å². The largest absolute Gasteiger partial charge is 0.549 e. The molecule has 5 heteroatoms. The Labute approximate surface area is 35.0 Å². The monoisotopic (exact) mass is 107 g/mol. The maximum Gasteiger partial charge on any atom is 0.549 e. The summed E-state index contributed by atoms with van der Waals surface area (Å²) < 4.78 is 16.8. The van der Waals surface area contributed by atoms with Gasteiger partial charge in [-0.15, -0.1) is 0 Å². The van der Waals surface area contributed by atoms with Gasteiger partial charge in [0.15, 0.2) is 0 Å². The lowest BCUT2D eigenvalue weighted by Gasteiger charge is -1.17. The van der Waals surface area contributed by atoms with E-state index in [9.17, 15) is 0 Å². The summed E-state index contributed by atoms with van der Waals surface area (Å²) in [5.74, 6) is 0. The van der Waals surface area contributed by atoms with Crippen LogP contribution in [0.2, 0.25) is 0 Å². The molecule has 0 heterocycles. The summed E-state index contributed by atoms with van der Waals surface area (Å²) in [7, 11) is -0.611. The van der Waals surface area contributed by atoms with Gasteiger partial charge in [0.05, 0.1) is 10.4 Å². The minimum absolute atomic E-state index is 0.806. The van der Waals surface area contributed by atoms with Crippen LogP contribution in [0.1, 0.15) is 0 Å². The van der Waals surface area contributed by atoms with Crippen LogP contribution in [-0.2, 0) is 8.92 Å². The molecule has 0 fully saturated rings. The molecule has 0 aliphatic rings. The fourth-order valence-corrected chi connectivity index (χ4v) is 0. The van der Waals surface area contributed by atoms with Crippen molar-refractivity contribution in [3.05, 3.63) is 0 Å². The van der Waals surface area contributed by atoms with Gasteiger partial charge < -0.3 is 5.40 Å². The first-order valence-corrected chi connectivity index (χ1v) is 2.96. The summed E-state index contributed by atoms with van der Waals surface area (Å²) in [5.41, 5.74) is 0. The molecule has 0 saturated heterocycles. The molecule has 3 nitrogen and oxygen atoms in total. The normalized spacial score (nSPS) is 3.40. The summed E-state index contributed by atoms with van der Waals surface area (Å²) in [6.07, 6.45) is 0. The molecule has 0 unspecified atom stereocenters. The van der Waals surface area contributed by atoms with Crippen LogP contribution in [0.15, 0.2) is 0 Å². The quantitative estimate of drug-likeness (QED) is 0.351. The third-order valence-corrected chi connectivity index (χ3v) is 0. The molecule has 0 aromatic rings. The second-order valence-corrected chi connectivity index (χ2v) is 0.250. The van der Waals surface area contributed by atoms with E-state index >= 15 is 0 Å². The first-order valence-electron chi connectivity index (χ1n) is 0.986. The Hall–Kier alpha value is -0.00623. The van der Waals surface area contributed by atoms with E-state index < -0.39 is 9.29 Å². The minimum Gasteiger partial charge on any atom is -0.358 e. The molecule has 0 aromatic carbocycles. The number of hydrogen-bond acceptors (Lipinski definition) is 3. The highest BCUT2D eigenvalue weighted by Gasteiger charge is 1.22. The molecule has 5 heavy (non-hydrogen) atoms. The zero-order valence-electron chi connectivity index (χ0n) is 2.89. The maximum absolute atomic E-state index is 8.40. The predicted octanol–water partition coefficient (Wildman–Crippen LogP) is -2.39. The molecule has 0 atom stereocenters. The van der Waals surface area contributed by atoms with Crippen LogP contribution in [0.25, 0.3) is 0 Å². The molecule has 0 radical (unpaired) electrons. The van der Waals surface area contributed by atoms with E-state index in [4.69, 9.17) is 8.92 Å². The first-order chi connectivity index (χ1) is 2.41. The molecule has 0 aromatic heterocycles. The number of rotatable bonds is 0. The fraction of sp³-hybridized carbons (Fsp3) is 0. The molecule has 0 amide bonds. The van der Waals surface area contributed by atoms with Crippen molar-refractivity contribution in [1.29, 1.82) is 0 Å². The van der Waals surface area contributed by atoms with Gasteiger partial charge in [0.25, 0.3) is 0 Å². The van der Waals surface area contributed by atoms with Gasteiger partial charge >= 0.3 is 9.29 Å². The lowest BCUT2D eigenvalue weighted by molar-refractivity contribution is 0.497. The lowest BCUT2D eigenvalue weighted by atomic mass is 13.9. The van der Waals surface area contributed by atoms with E-state index in [1.807, 2.05) is 0 Å². The molecule has 30 valence electrons. The van der Waals surface area contributed by atoms with Gasteiger partial charge in [0.1, 0.15) is 0 Å². The van der Waals surface area contributed by atoms with Crippen molar-refractivity contribution < 1.29 is 8.92 Å². The number of nitrogens with two attached hydrogens (primary N) is 1. The Balaban J connectivity index is 0. The summed E-state index contributed by atoms with van der Waals surface area (Å²) in [5, 5.41) is 4.64. The lowest BCUT2D eigenvalue weighted by Crippen LogP contribution is -1.75. The Kier molecular flexibility index (Phi) is 64.4. The molecule has 0 spiro atoms. The van der Waals surface area contributed by atoms with E-state index in [0.717, 1.165) is 10.4 Å². The summed E-state index contributed by atoms with van der Waals surface area (Å²) in [6, 6.07) is 0. The molecule has 0 saturated carbocycles. The van der Waals surface area contributed by atoms with Gasteiger partial charge in [-0.1, -0.05) is 0 Å². The van der Waals surface area contributed by atoms with Crippen molar-refractivity contribution in [2.45, 2.75) is 0 Å². The van der Waals surface area contributed by atoms with Crippen molar-refractivity contribution in [3.63, 3.8) is 0 Å². The summed E-state index contributed by atoms with van der Waals surface area (Å²) in [6.45, 7) is 0. The van der Waals surface area contributed by atoms with Gasteiger partial charge in [-0.05, 0) is 0 Å². The molecular weight excluding hydrogens is 102 g/mol. The standard InChI is InChI=1S/H5NSi.O2Si/c1-2;1-3-2/h1H2,2H3;. The highest BCUT2D eigenvalue weighted by molar-refractivity contribution is 6.02. The smallest absolute Gasteiger partial charge is 0.358 e. The van der Waals surface area contributed by atoms with E-state index in [1.54, 1.807) is 0 Å². The first kappa shape index (κ1) is 8.89. The average Bonchev–Trinajstić information content (AvgIpc) is 1.46.